The molecule has 0 radical (unpaired) electrons. The maximum Gasteiger partial charge on any atom is 0.303 e. The van der Waals surface area contributed by atoms with Gasteiger partial charge in [0.25, 0.3) is 0 Å². The summed E-state index contributed by atoms with van der Waals surface area (Å²) in [6.07, 6.45) is 0.379. The van der Waals surface area contributed by atoms with Gasteiger partial charge in [-0.05, 0) is 37.5 Å². The molecule has 2 rings (SSSR count). The molecular weight excluding hydrogens is 250 g/mol. The molecule has 18 heavy (non-hydrogen) atoms. The molecule has 1 aromatic carbocycles. The number of benzene rings is 1. The van der Waals surface area contributed by atoms with Gasteiger partial charge in [-0.15, -0.1) is 11.8 Å². The average Bonchev–Trinajstić information content (AvgIpc) is 2.26. The first kappa shape index (κ1) is 13.0. The van der Waals surface area contributed by atoms with E-state index < -0.39 is 5.97 Å². The fraction of sp³-hybridized carbons (Fsp3) is 0.385. The van der Waals surface area contributed by atoms with E-state index in [1.165, 1.54) is 11.8 Å². The number of carboxylic acids is 1. The smallest absolute Gasteiger partial charge is 0.303 e. The van der Waals surface area contributed by atoms with Gasteiger partial charge in [0, 0.05) is 11.3 Å². The molecular formula is C13H15NO3S. The number of carbonyl (C=O) groups is 2. The fourth-order valence-corrected chi connectivity index (χ4v) is 3.23. The first-order chi connectivity index (χ1) is 8.47. The minimum Gasteiger partial charge on any atom is -0.481 e. The van der Waals surface area contributed by atoms with Crippen molar-refractivity contribution in [2.45, 2.75) is 36.8 Å². The van der Waals surface area contributed by atoms with Gasteiger partial charge in [-0.3, -0.25) is 9.59 Å². The van der Waals surface area contributed by atoms with Crippen molar-refractivity contribution in [3.8, 4) is 0 Å². The van der Waals surface area contributed by atoms with E-state index in [1.54, 1.807) is 0 Å². The van der Waals surface area contributed by atoms with Crippen LogP contribution < -0.4 is 5.32 Å². The molecule has 1 aliphatic rings. The molecule has 4 nitrogen and oxygen atoms in total. The van der Waals surface area contributed by atoms with Crippen molar-refractivity contribution >= 4 is 29.3 Å². The molecule has 1 atom stereocenters. The van der Waals surface area contributed by atoms with Crippen LogP contribution in [-0.4, -0.2) is 22.2 Å². The van der Waals surface area contributed by atoms with E-state index in [-0.39, 0.29) is 17.6 Å². The third kappa shape index (κ3) is 2.67. The maximum atomic E-state index is 11.9. The zero-order chi connectivity index (χ0) is 13.3. The van der Waals surface area contributed by atoms with Crippen molar-refractivity contribution in [3.05, 3.63) is 23.3 Å². The summed E-state index contributed by atoms with van der Waals surface area (Å²) in [7, 11) is 0. The summed E-state index contributed by atoms with van der Waals surface area (Å²) < 4.78 is 0. The highest BCUT2D eigenvalue weighted by molar-refractivity contribution is 8.01. The molecule has 1 amide bonds. The van der Waals surface area contributed by atoms with Gasteiger partial charge in [0.2, 0.25) is 5.91 Å². The van der Waals surface area contributed by atoms with Gasteiger partial charge in [0.1, 0.15) is 0 Å². The Balaban J connectivity index is 2.22. The Kier molecular flexibility index (Phi) is 3.61. The molecule has 0 saturated heterocycles. The summed E-state index contributed by atoms with van der Waals surface area (Å²) in [4.78, 5) is 23.5. The molecule has 1 aliphatic heterocycles. The number of carbonyl (C=O) groups excluding carboxylic acids is 1. The predicted octanol–water partition coefficient (Wildman–Crippen LogP) is 2.58. The van der Waals surface area contributed by atoms with Crippen LogP contribution in [0.3, 0.4) is 0 Å². The van der Waals surface area contributed by atoms with Gasteiger partial charge in [-0.25, -0.2) is 0 Å². The number of nitrogens with one attached hydrogen (secondary N) is 1. The monoisotopic (exact) mass is 265 g/mol. The molecule has 0 bridgehead atoms. The molecule has 5 heteroatoms. The van der Waals surface area contributed by atoms with Gasteiger partial charge in [0.15, 0.2) is 0 Å². The number of thioether (sulfide) groups is 1. The van der Waals surface area contributed by atoms with E-state index >= 15 is 0 Å². The van der Waals surface area contributed by atoms with Crippen LogP contribution in [0, 0.1) is 13.8 Å². The summed E-state index contributed by atoms with van der Waals surface area (Å²) in [5, 5.41) is 11.2. The van der Waals surface area contributed by atoms with Crippen molar-refractivity contribution in [3.63, 3.8) is 0 Å². The lowest BCUT2D eigenvalue weighted by Gasteiger charge is -2.25. The Bertz CT molecular complexity index is 513. The second-order valence-corrected chi connectivity index (χ2v) is 5.70. The molecule has 0 aromatic heterocycles. The Morgan fingerprint density at radius 2 is 2.17 bits per heavy atom. The van der Waals surface area contributed by atoms with E-state index in [2.05, 4.69) is 11.4 Å². The van der Waals surface area contributed by atoms with Crippen molar-refractivity contribution in [1.82, 2.24) is 0 Å². The molecule has 1 aromatic rings. The Morgan fingerprint density at radius 1 is 1.44 bits per heavy atom. The maximum absolute atomic E-state index is 11.9. The highest BCUT2D eigenvalue weighted by Crippen LogP contribution is 2.40. The summed E-state index contributed by atoms with van der Waals surface area (Å²) >= 11 is 1.47. The van der Waals surface area contributed by atoms with Crippen LogP contribution in [0.25, 0.3) is 0 Å². The lowest BCUT2D eigenvalue weighted by molar-refractivity contribution is -0.137. The second kappa shape index (κ2) is 5.02. The van der Waals surface area contributed by atoms with Gasteiger partial charge in [-0.2, -0.15) is 0 Å². The van der Waals surface area contributed by atoms with Crippen LogP contribution >= 0.6 is 11.8 Å². The summed E-state index contributed by atoms with van der Waals surface area (Å²) in [6.45, 7) is 3.99. The van der Waals surface area contributed by atoms with Crippen LogP contribution in [0.15, 0.2) is 17.0 Å². The number of anilines is 1. The lowest BCUT2D eigenvalue weighted by Crippen LogP contribution is -2.29. The Morgan fingerprint density at radius 3 is 2.83 bits per heavy atom. The quantitative estimate of drug-likeness (QED) is 0.881. The fourth-order valence-electron chi connectivity index (χ4n) is 2.06. The largest absolute Gasteiger partial charge is 0.481 e. The minimum atomic E-state index is -0.866. The summed E-state index contributed by atoms with van der Waals surface area (Å²) in [5.41, 5.74) is 3.07. The Hall–Kier alpha value is -1.49. The number of aliphatic carboxylic acids is 1. The van der Waals surface area contributed by atoms with E-state index in [1.807, 2.05) is 19.9 Å². The van der Waals surface area contributed by atoms with Crippen LogP contribution in [0.4, 0.5) is 5.69 Å². The third-order valence-corrected chi connectivity index (χ3v) is 4.36. The van der Waals surface area contributed by atoms with Crippen LogP contribution in [0.1, 0.15) is 24.0 Å². The predicted molar refractivity (Wildman–Crippen MR) is 71.1 cm³/mol. The topological polar surface area (TPSA) is 66.4 Å². The van der Waals surface area contributed by atoms with Crippen LogP contribution in [-0.2, 0) is 9.59 Å². The molecule has 1 heterocycles. The van der Waals surface area contributed by atoms with Gasteiger partial charge in [-0.1, -0.05) is 6.07 Å². The zero-order valence-electron chi connectivity index (χ0n) is 10.3. The normalized spacial score (nSPS) is 18.1. The van der Waals surface area contributed by atoms with E-state index in [4.69, 9.17) is 5.11 Å². The SMILES string of the molecule is Cc1cc(C)c2c(c1)NC(=O)C(CCC(=O)O)S2. The third-order valence-electron chi connectivity index (χ3n) is 2.85. The molecule has 0 aliphatic carbocycles. The van der Waals surface area contributed by atoms with E-state index in [9.17, 15) is 9.59 Å². The first-order valence-electron chi connectivity index (χ1n) is 5.78. The van der Waals surface area contributed by atoms with Crippen molar-refractivity contribution in [1.29, 1.82) is 0 Å². The summed E-state index contributed by atoms with van der Waals surface area (Å²) in [5.74, 6) is -0.964. The highest BCUT2D eigenvalue weighted by atomic mass is 32.2. The summed E-state index contributed by atoms with van der Waals surface area (Å²) in [6, 6.07) is 4.01. The first-order valence-corrected chi connectivity index (χ1v) is 6.66. The Labute approximate surface area is 110 Å². The average molecular weight is 265 g/mol. The lowest BCUT2D eigenvalue weighted by atomic mass is 10.1. The standard InChI is InChI=1S/C13H15NO3S/c1-7-5-8(2)12-9(6-7)14-13(17)10(18-12)3-4-11(15)16/h5-6,10H,3-4H2,1-2H3,(H,14,17)(H,15,16). The molecule has 96 valence electrons. The van der Waals surface area contributed by atoms with Crippen molar-refractivity contribution < 1.29 is 14.7 Å². The number of amides is 1. The number of carboxylic acid groups (broad SMARTS) is 1. The molecule has 0 saturated carbocycles. The van der Waals surface area contributed by atoms with E-state index in [0.717, 1.165) is 21.7 Å². The highest BCUT2D eigenvalue weighted by Gasteiger charge is 2.28. The number of aryl methyl sites for hydroxylation is 2. The van der Waals surface area contributed by atoms with E-state index in [0.29, 0.717) is 6.42 Å². The van der Waals surface area contributed by atoms with Crippen LogP contribution in [0.5, 0.6) is 0 Å². The number of rotatable bonds is 3. The van der Waals surface area contributed by atoms with Gasteiger partial charge in [0.05, 0.1) is 10.9 Å². The van der Waals surface area contributed by atoms with Crippen LogP contribution in [0.2, 0.25) is 0 Å². The molecule has 0 spiro atoms. The van der Waals surface area contributed by atoms with Crippen molar-refractivity contribution in [2.75, 3.05) is 5.32 Å². The number of fused-ring (bicyclic) bond motifs is 1. The minimum absolute atomic E-state index is 0.0192. The van der Waals surface area contributed by atoms with Gasteiger partial charge >= 0.3 is 5.97 Å². The molecule has 1 unspecified atom stereocenters. The zero-order valence-corrected chi connectivity index (χ0v) is 11.1. The number of hydrogen-bond acceptors (Lipinski definition) is 3. The molecule has 2 N–H and O–H groups in total. The molecule has 0 fully saturated rings. The second-order valence-electron chi connectivity index (χ2n) is 4.49. The van der Waals surface area contributed by atoms with Gasteiger partial charge < -0.3 is 10.4 Å². The number of hydrogen-bond donors (Lipinski definition) is 2. The van der Waals surface area contributed by atoms with Crippen molar-refractivity contribution in [2.24, 2.45) is 0 Å².